The summed E-state index contributed by atoms with van der Waals surface area (Å²) < 4.78 is 4.93. The van der Waals surface area contributed by atoms with Gasteiger partial charge in [-0.25, -0.2) is 0 Å². The zero-order valence-electron chi connectivity index (χ0n) is 14.3. The highest BCUT2D eigenvalue weighted by Crippen LogP contribution is 2.15. The first kappa shape index (κ1) is 19.4. The van der Waals surface area contributed by atoms with Gasteiger partial charge in [-0.1, -0.05) is 20.8 Å². The zero-order valence-corrected chi connectivity index (χ0v) is 14.3. The van der Waals surface area contributed by atoms with Crippen LogP contribution in [0.2, 0.25) is 0 Å². The number of nitrogens with zero attached hydrogens (tertiary/aromatic N) is 1. The molecule has 4 heteroatoms. The van der Waals surface area contributed by atoms with Gasteiger partial charge < -0.3 is 15.0 Å². The third-order valence-corrected chi connectivity index (χ3v) is 3.71. The Bertz CT molecular complexity index is 269. The molecule has 0 bridgehead atoms. The van der Waals surface area contributed by atoms with Crippen molar-refractivity contribution in [2.45, 2.75) is 58.9 Å². The van der Waals surface area contributed by atoms with Crippen molar-refractivity contribution >= 4 is 5.97 Å². The second kappa shape index (κ2) is 10.2. The van der Waals surface area contributed by atoms with Crippen LogP contribution in [0.4, 0.5) is 0 Å². The third-order valence-electron chi connectivity index (χ3n) is 3.71. The lowest BCUT2D eigenvalue weighted by Gasteiger charge is -2.29. The van der Waals surface area contributed by atoms with Gasteiger partial charge in [-0.2, -0.15) is 0 Å². The van der Waals surface area contributed by atoms with E-state index >= 15 is 0 Å². The van der Waals surface area contributed by atoms with Crippen LogP contribution in [0.25, 0.3) is 0 Å². The first-order valence-corrected chi connectivity index (χ1v) is 7.87. The second-order valence-electron chi connectivity index (χ2n) is 6.34. The molecule has 0 saturated carbocycles. The minimum Gasteiger partial charge on any atom is -0.468 e. The van der Waals surface area contributed by atoms with Gasteiger partial charge in [0.15, 0.2) is 0 Å². The monoisotopic (exact) mass is 286 g/mol. The molecule has 120 valence electrons. The van der Waals surface area contributed by atoms with Gasteiger partial charge in [0.1, 0.15) is 5.54 Å². The van der Waals surface area contributed by atoms with E-state index in [0.29, 0.717) is 0 Å². The summed E-state index contributed by atoms with van der Waals surface area (Å²) in [5.41, 5.74) is -0.552. The normalized spacial score (nSPS) is 14.6. The Hall–Kier alpha value is -0.610. The quantitative estimate of drug-likeness (QED) is 0.593. The summed E-state index contributed by atoms with van der Waals surface area (Å²) >= 11 is 0. The van der Waals surface area contributed by atoms with Gasteiger partial charge in [0.25, 0.3) is 0 Å². The lowest BCUT2D eigenvalue weighted by Crippen LogP contribution is -2.50. The number of hydrogen-bond donors (Lipinski definition) is 1. The predicted molar refractivity (Wildman–Crippen MR) is 84.9 cm³/mol. The van der Waals surface area contributed by atoms with Crippen molar-refractivity contribution in [2.24, 2.45) is 5.92 Å². The van der Waals surface area contributed by atoms with Gasteiger partial charge in [-0.3, -0.25) is 4.79 Å². The highest BCUT2D eigenvalue weighted by atomic mass is 16.5. The minimum absolute atomic E-state index is 0.157. The van der Waals surface area contributed by atoms with Crippen molar-refractivity contribution < 1.29 is 9.53 Å². The van der Waals surface area contributed by atoms with Crippen LogP contribution in [0.1, 0.15) is 53.4 Å². The Morgan fingerprint density at radius 2 is 2.00 bits per heavy atom. The van der Waals surface area contributed by atoms with E-state index in [9.17, 15) is 4.79 Å². The minimum atomic E-state index is -0.552. The fourth-order valence-electron chi connectivity index (χ4n) is 2.18. The second-order valence-corrected chi connectivity index (χ2v) is 6.34. The number of carbonyl (C=O) groups is 1. The zero-order chi connectivity index (χ0) is 15.6. The number of ether oxygens (including phenoxy) is 1. The van der Waals surface area contributed by atoms with Crippen molar-refractivity contribution in [1.82, 2.24) is 10.2 Å². The van der Waals surface area contributed by atoms with Gasteiger partial charge in [0.2, 0.25) is 0 Å². The molecule has 1 atom stereocenters. The van der Waals surface area contributed by atoms with Crippen molar-refractivity contribution in [2.75, 3.05) is 33.8 Å². The van der Waals surface area contributed by atoms with Crippen molar-refractivity contribution in [1.29, 1.82) is 0 Å². The Morgan fingerprint density at radius 3 is 2.50 bits per heavy atom. The Kier molecular flexibility index (Phi) is 9.86. The van der Waals surface area contributed by atoms with E-state index in [0.717, 1.165) is 44.8 Å². The fourth-order valence-corrected chi connectivity index (χ4v) is 2.18. The maximum Gasteiger partial charge on any atom is 0.325 e. The van der Waals surface area contributed by atoms with E-state index in [1.54, 1.807) is 0 Å². The molecular formula is C16H34N2O2. The van der Waals surface area contributed by atoms with Crippen LogP contribution < -0.4 is 5.32 Å². The summed E-state index contributed by atoms with van der Waals surface area (Å²) in [6.45, 7) is 11.5. The molecule has 0 spiro atoms. The number of nitrogens with one attached hydrogen (secondary N) is 1. The van der Waals surface area contributed by atoms with Crippen LogP contribution in [0.5, 0.6) is 0 Å². The van der Waals surface area contributed by atoms with Gasteiger partial charge in [-0.15, -0.1) is 0 Å². The Morgan fingerprint density at radius 1 is 1.35 bits per heavy atom. The summed E-state index contributed by atoms with van der Waals surface area (Å²) in [5, 5.41) is 3.33. The lowest BCUT2D eigenvalue weighted by molar-refractivity contribution is -0.148. The highest BCUT2D eigenvalue weighted by Gasteiger charge is 2.32. The van der Waals surface area contributed by atoms with E-state index in [1.165, 1.54) is 13.5 Å². The van der Waals surface area contributed by atoms with Crippen LogP contribution in [-0.4, -0.2) is 50.2 Å². The molecule has 1 N–H and O–H groups in total. The van der Waals surface area contributed by atoms with E-state index in [2.05, 4.69) is 38.0 Å². The molecule has 0 aliphatic rings. The average Bonchev–Trinajstić information content (AvgIpc) is 2.41. The molecule has 0 radical (unpaired) electrons. The number of esters is 1. The largest absolute Gasteiger partial charge is 0.468 e. The van der Waals surface area contributed by atoms with Crippen LogP contribution >= 0.6 is 0 Å². The molecule has 0 aromatic heterocycles. The van der Waals surface area contributed by atoms with E-state index in [1.807, 2.05) is 6.92 Å². The molecule has 0 aromatic rings. The lowest BCUT2D eigenvalue weighted by atomic mass is 9.95. The van der Waals surface area contributed by atoms with Crippen molar-refractivity contribution in [3.63, 3.8) is 0 Å². The average molecular weight is 286 g/mol. The van der Waals surface area contributed by atoms with Gasteiger partial charge >= 0.3 is 5.97 Å². The first-order valence-electron chi connectivity index (χ1n) is 7.87. The maximum absolute atomic E-state index is 11.9. The number of methoxy groups -OCH3 is 1. The highest BCUT2D eigenvalue weighted by molar-refractivity contribution is 5.80. The summed E-state index contributed by atoms with van der Waals surface area (Å²) in [7, 11) is 3.61. The molecule has 0 fully saturated rings. The van der Waals surface area contributed by atoms with E-state index < -0.39 is 5.54 Å². The molecule has 0 aliphatic heterocycles. The third kappa shape index (κ3) is 7.85. The molecule has 0 amide bonds. The Labute approximate surface area is 125 Å². The van der Waals surface area contributed by atoms with Crippen molar-refractivity contribution in [3.8, 4) is 0 Å². The molecule has 0 heterocycles. The van der Waals surface area contributed by atoms with E-state index in [4.69, 9.17) is 4.74 Å². The molecule has 0 rings (SSSR count). The van der Waals surface area contributed by atoms with Gasteiger partial charge in [-0.05, 0) is 65.2 Å². The molecular weight excluding hydrogens is 252 g/mol. The summed E-state index contributed by atoms with van der Waals surface area (Å²) in [4.78, 5) is 14.3. The summed E-state index contributed by atoms with van der Waals surface area (Å²) in [5.74, 6) is 0.583. The number of carbonyl (C=O) groups excluding carboxylic acids is 1. The van der Waals surface area contributed by atoms with Crippen LogP contribution in [0, 0.1) is 5.92 Å². The fraction of sp³-hybridized carbons (Fsp3) is 0.938. The van der Waals surface area contributed by atoms with Crippen molar-refractivity contribution in [3.05, 3.63) is 0 Å². The van der Waals surface area contributed by atoms with Gasteiger partial charge in [0, 0.05) is 0 Å². The standard InChI is InChI=1S/C16H34N2O2/c1-7-11-17-16(4,15(19)20-6)10-8-12-18(5)13-9-14(2)3/h14,17H,7-13H2,1-6H3. The summed E-state index contributed by atoms with van der Waals surface area (Å²) in [6, 6.07) is 0. The van der Waals surface area contributed by atoms with Gasteiger partial charge in [0.05, 0.1) is 7.11 Å². The number of hydrogen-bond acceptors (Lipinski definition) is 4. The maximum atomic E-state index is 11.9. The van der Waals surface area contributed by atoms with Crippen LogP contribution in [0.3, 0.4) is 0 Å². The first-order chi connectivity index (χ1) is 9.35. The van der Waals surface area contributed by atoms with Crippen LogP contribution in [-0.2, 0) is 9.53 Å². The molecule has 0 aliphatic carbocycles. The molecule has 1 unspecified atom stereocenters. The molecule has 0 aromatic carbocycles. The smallest absolute Gasteiger partial charge is 0.325 e. The predicted octanol–water partition coefficient (Wildman–Crippen LogP) is 2.68. The molecule has 20 heavy (non-hydrogen) atoms. The summed E-state index contributed by atoms with van der Waals surface area (Å²) in [6.07, 6.45) is 4.04. The molecule has 0 saturated heterocycles. The number of rotatable bonds is 11. The molecule has 4 nitrogen and oxygen atoms in total. The van der Waals surface area contributed by atoms with Crippen LogP contribution in [0.15, 0.2) is 0 Å². The SMILES string of the molecule is CCCNC(C)(CCCN(C)CCC(C)C)C(=O)OC. The van der Waals surface area contributed by atoms with E-state index in [-0.39, 0.29) is 5.97 Å². The Balaban J connectivity index is 4.16. The topological polar surface area (TPSA) is 41.6 Å².